The van der Waals surface area contributed by atoms with Gasteiger partial charge in [0.15, 0.2) is 0 Å². The van der Waals surface area contributed by atoms with Gasteiger partial charge in [-0.25, -0.2) is 4.79 Å². The lowest BCUT2D eigenvalue weighted by Gasteiger charge is -2.39. The van der Waals surface area contributed by atoms with E-state index in [-0.39, 0.29) is 17.9 Å². The van der Waals surface area contributed by atoms with Crippen LogP contribution in [-0.4, -0.2) is 57.2 Å². The molecule has 1 aliphatic heterocycles. The Morgan fingerprint density at radius 2 is 1.76 bits per heavy atom. The van der Waals surface area contributed by atoms with Gasteiger partial charge in [-0.2, -0.15) is 0 Å². The number of rotatable bonds is 6. The molecule has 1 fully saturated rings. The molecule has 154 valence electrons. The van der Waals surface area contributed by atoms with Gasteiger partial charge in [-0.3, -0.25) is 9.69 Å². The second kappa shape index (κ2) is 8.96. The summed E-state index contributed by atoms with van der Waals surface area (Å²) in [5.41, 5.74) is 2.29. The molecule has 0 spiro atoms. The Labute approximate surface area is 170 Å². The quantitative estimate of drug-likeness (QED) is 0.697. The highest BCUT2D eigenvalue weighted by Gasteiger charge is 2.33. The first-order chi connectivity index (χ1) is 14.0. The van der Waals surface area contributed by atoms with E-state index >= 15 is 0 Å². The van der Waals surface area contributed by atoms with Crippen LogP contribution in [0.1, 0.15) is 22.8 Å². The normalized spacial score (nSPS) is 17.2. The molecule has 0 N–H and O–H groups in total. The molecule has 0 radical (unpaired) electrons. The van der Waals surface area contributed by atoms with E-state index in [2.05, 4.69) is 4.90 Å². The molecule has 7 heteroatoms. The minimum absolute atomic E-state index is 0.0193. The molecule has 0 aromatic heterocycles. The third kappa shape index (κ3) is 4.35. The largest absolute Gasteiger partial charge is 0.497 e. The van der Waals surface area contributed by atoms with Gasteiger partial charge in [0.1, 0.15) is 11.5 Å². The maximum Gasteiger partial charge on any atom is 0.337 e. The molecule has 0 aliphatic carbocycles. The summed E-state index contributed by atoms with van der Waals surface area (Å²) < 4.78 is 15.4. The van der Waals surface area contributed by atoms with Gasteiger partial charge in [-0.05, 0) is 36.8 Å². The fourth-order valence-electron chi connectivity index (χ4n) is 3.48. The molecule has 2 aromatic carbocycles. The van der Waals surface area contributed by atoms with Gasteiger partial charge in [0.05, 0.1) is 38.6 Å². The van der Waals surface area contributed by atoms with Crippen LogP contribution >= 0.6 is 0 Å². The predicted octanol–water partition coefficient (Wildman–Crippen LogP) is 2.73. The average Bonchev–Trinajstić information content (AvgIpc) is 2.76. The molecular weight excluding hydrogens is 372 g/mol. The zero-order valence-electron chi connectivity index (χ0n) is 17.2. The number of methoxy groups -OCH3 is 3. The lowest BCUT2D eigenvalue weighted by atomic mass is 10.1. The summed E-state index contributed by atoms with van der Waals surface area (Å²) in [7, 11) is 4.54. The Morgan fingerprint density at radius 3 is 2.38 bits per heavy atom. The zero-order chi connectivity index (χ0) is 21.0. The molecule has 1 unspecified atom stereocenters. The number of piperazine rings is 1. The minimum atomic E-state index is -0.359. The van der Waals surface area contributed by atoms with Crippen molar-refractivity contribution in [1.82, 2.24) is 4.90 Å². The lowest BCUT2D eigenvalue weighted by Crippen LogP contribution is -2.55. The SMILES string of the molecule is COC(=O)c1ccc(CN2CCN(c3ccc(OC)cc3OC)C(=O)C2C)cc1. The highest BCUT2D eigenvalue weighted by molar-refractivity contribution is 5.99. The van der Waals surface area contributed by atoms with E-state index in [1.807, 2.05) is 31.2 Å². The van der Waals surface area contributed by atoms with E-state index in [0.29, 0.717) is 30.2 Å². The Balaban J connectivity index is 1.72. The predicted molar refractivity (Wildman–Crippen MR) is 110 cm³/mol. The fraction of sp³-hybridized carbons (Fsp3) is 0.364. The van der Waals surface area contributed by atoms with Gasteiger partial charge in [0, 0.05) is 25.7 Å². The third-order valence-corrected chi connectivity index (χ3v) is 5.22. The minimum Gasteiger partial charge on any atom is -0.497 e. The molecule has 1 amide bonds. The van der Waals surface area contributed by atoms with Crippen molar-refractivity contribution >= 4 is 17.6 Å². The van der Waals surface area contributed by atoms with Crippen molar-refractivity contribution in [2.45, 2.75) is 19.5 Å². The molecule has 2 aromatic rings. The Hall–Kier alpha value is -3.06. The third-order valence-electron chi connectivity index (χ3n) is 5.22. The molecule has 1 atom stereocenters. The van der Waals surface area contributed by atoms with Crippen LogP contribution in [0.2, 0.25) is 0 Å². The van der Waals surface area contributed by atoms with Gasteiger partial charge in [-0.1, -0.05) is 12.1 Å². The van der Waals surface area contributed by atoms with Gasteiger partial charge < -0.3 is 19.1 Å². The summed E-state index contributed by atoms with van der Waals surface area (Å²) >= 11 is 0. The number of hydrogen-bond donors (Lipinski definition) is 0. The number of anilines is 1. The van der Waals surface area contributed by atoms with Crippen molar-refractivity contribution < 1.29 is 23.8 Å². The molecule has 0 saturated carbocycles. The van der Waals surface area contributed by atoms with Crippen molar-refractivity contribution in [2.75, 3.05) is 39.3 Å². The van der Waals surface area contributed by atoms with Crippen LogP contribution in [0.4, 0.5) is 5.69 Å². The number of carbonyl (C=O) groups excluding carboxylic acids is 2. The summed E-state index contributed by atoms with van der Waals surface area (Å²) in [6.45, 7) is 3.82. The molecule has 1 aliphatic rings. The summed E-state index contributed by atoms with van der Waals surface area (Å²) in [6, 6.07) is 12.4. The van der Waals surface area contributed by atoms with Crippen LogP contribution < -0.4 is 14.4 Å². The van der Waals surface area contributed by atoms with Crippen molar-refractivity contribution in [3.8, 4) is 11.5 Å². The summed E-state index contributed by atoms with van der Waals surface area (Å²) in [5, 5.41) is 0. The van der Waals surface area contributed by atoms with Crippen molar-refractivity contribution in [1.29, 1.82) is 0 Å². The second-order valence-corrected chi connectivity index (χ2v) is 6.86. The molecule has 7 nitrogen and oxygen atoms in total. The number of esters is 1. The Bertz CT molecular complexity index is 881. The monoisotopic (exact) mass is 398 g/mol. The summed E-state index contributed by atoms with van der Waals surface area (Å²) in [6.07, 6.45) is 0. The molecule has 3 rings (SSSR count). The Kier molecular flexibility index (Phi) is 6.39. The number of carbonyl (C=O) groups is 2. The van der Waals surface area contributed by atoms with Gasteiger partial charge >= 0.3 is 5.97 Å². The van der Waals surface area contributed by atoms with Crippen molar-refractivity contribution in [3.63, 3.8) is 0 Å². The first-order valence-corrected chi connectivity index (χ1v) is 9.43. The van der Waals surface area contributed by atoms with E-state index < -0.39 is 0 Å². The lowest BCUT2D eigenvalue weighted by molar-refractivity contribution is -0.125. The number of hydrogen-bond acceptors (Lipinski definition) is 6. The summed E-state index contributed by atoms with van der Waals surface area (Å²) in [4.78, 5) is 28.5. The topological polar surface area (TPSA) is 68.3 Å². The van der Waals surface area contributed by atoms with E-state index in [9.17, 15) is 9.59 Å². The number of benzene rings is 2. The van der Waals surface area contributed by atoms with Crippen LogP contribution in [0.5, 0.6) is 11.5 Å². The molecule has 1 saturated heterocycles. The highest BCUT2D eigenvalue weighted by atomic mass is 16.5. The fourth-order valence-corrected chi connectivity index (χ4v) is 3.48. The zero-order valence-corrected chi connectivity index (χ0v) is 17.2. The second-order valence-electron chi connectivity index (χ2n) is 6.86. The van der Waals surface area contributed by atoms with Gasteiger partial charge in [0.2, 0.25) is 5.91 Å². The van der Waals surface area contributed by atoms with Crippen LogP contribution in [0, 0.1) is 0 Å². The van der Waals surface area contributed by atoms with E-state index in [0.717, 1.165) is 17.8 Å². The van der Waals surface area contributed by atoms with Crippen molar-refractivity contribution in [3.05, 3.63) is 53.6 Å². The highest BCUT2D eigenvalue weighted by Crippen LogP contribution is 2.34. The van der Waals surface area contributed by atoms with Crippen LogP contribution in [0.15, 0.2) is 42.5 Å². The van der Waals surface area contributed by atoms with Crippen LogP contribution in [-0.2, 0) is 16.1 Å². The number of amides is 1. The molecule has 29 heavy (non-hydrogen) atoms. The molecule has 0 bridgehead atoms. The first-order valence-electron chi connectivity index (χ1n) is 9.43. The smallest absolute Gasteiger partial charge is 0.337 e. The average molecular weight is 398 g/mol. The number of nitrogens with zero attached hydrogens (tertiary/aromatic N) is 2. The maximum atomic E-state index is 13.1. The first kappa shape index (κ1) is 20.7. The van der Waals surface area contributed by atoms with E-state index in [4.69, 9.17) is 14.2 Å². The Morgan fingerprint density at radius 1 is 1.03 bits per heavy atom. The standard InChI is InChI=1S/C22H26N2O5/c1-15-21(25)24(19-10-9-18(27-2)13-20(19)28-3)12-11-23(15)14-16-5-7-17(8-6-16)22(26)29-4/h5-10,13,15H,11-12,14H2,1-4H3. The maximum absolute atomic E-state index is 13.1. The molecular formula is C22H26N2O5. The van der Waals surface area contributed by atoms with Gasteiger partial charge in [-0.15, -0.1) is 0 Å². The van der Waals surface area contributed by atoms with Crippen LogP contribution in [0.3, 0.4) is 0 Å². The van der Waals surface area contributed by atoms with Crippen LogP contribution in [0.25, 0.3) is 0 Å². The number of ether oxygens (including phenoxy) is 3. The summed E-state index contributed by atoms with van der Waals surface area (Å²) in [5.74, 6) is 0.949. The van der Waals surface area contributed by atoms with Crippen molar-refractivity contribution in [2.24, 2.45) is 0 Å². The van der Waals surface area contributed by atoms with Gasteiger partial charge in [0.25, 0.3) is 0 Å². The molecule has 1 heterocycles. The van der Waals surface area contributed by atoms with E-state index in [1.165, 1.54) is 7.11 Å². The van der Waals surface area contributed by atoms with E-state index in [1.54, 1.807) is 37.3 Å².